The molecule has 0 aliphatic carbocycles. The van der Waals surface area contributed by atoms with Gasteiger partial charge in [-0.25, -0.2) is 4.39 Å². The van der Waals surface area contributed by atoms with Gasteiger partial charge in [0.1, 0.15) is 5.82 Å². The number of pyridine rings is 1. The molecular formula is C16H19FN3O3+. The van der Waals surface area contributed by atoms with E-state index in [1.54, 1.807) is 10.6 Å². The standard InChI is InChI=1S/C16H18FN3O3/c1-2-19-9-11(16(22)23)15(21)10-7-12(17)14(8-13(10)19)20-5-3-18-4-6-20/h7-9,18H,2-6H2,1H3,(H,22,23)/p+1. The predicted octanol–water partition coefficient (Wildman–Crippen LogP) is 0.435. The van der Waals surface area contributed by atoms with Crippen LogP contribution in [0.5, 0.6) is 0 Å². The Morgan fingerprint density at radius 3 is 2.65 bits per heavy atom. The maximum absolute atomic E-state index is 14.5. The molecule has 1 aromatic carbocycles. The molecule has 1 aliphatic rings. The summed E-state index contributed by atoms with van der Waals surface area (Å²) in [7, 11) is 0. The largest absolute Gasteiger partial charge is 0.561 e. The van der Waals surface area contributed by atoms with Gasteiger partial charge in [0, 0.05) is 49.1 Å². The van der Waals surface area contributed by atoms with E-state index >= 15 is 0 Å². The van der Waals surface area contributed by atoms with Crippen LogP contribution in [0.2, 0.25) is 0 Å². The summed E-state index contributed by atoms with van der Waals surface area (Å²) in [5.41, 5.74) is 0.229. The molecule has 0 saturated carbocycles. The van der Waals surface area contributed by atoms with Gasteiger partial charge in [0.2, 0.25) is 5.43 Å². The molecule has 7 heteroatoms. The Hall–Kier alpha value is -2.41. The third-order valence-corrected chi connectivity index (χ3v) is 4.19. The van der Waals surface area contributed by atoms with Crippen molar-refractivity contribution in [3.63, 3.8) is 0 Å². The molecule has 3 rings (SSSR count). The summed E-state index contributed by atoms with van der Waals surface area (Å²) in [6.07, 6.45) is 1.39. The van der Waals surface area contributed by atoms with E-state index in [4.69, 9.17) is 5.11 Å². The minimum absolute atomic E-state index is 0.140. The van der Waals surface area contributed by atoms with Crippen molar-refractivity contribution in [2.45, 2.75) is 13.5 Å². The third kappa shape index (κ3) is 2.68. The van der Waals surface area contributed by atoms with E-state index in [-0.39, 0.29) is 10.9 Å². The Labute approximate surface area is 132 Å². The van der Waals surface area contributed by atoms with Crippen molar-refractivity contribution in [1.29, 1.82) is 0 Å². The normalized spacial score (nSPS) is 15.1. The monoisotopic (exact) mass is 320 g/mol. The average molecular weight is 320 g/mol. The lowest BCUT2D eigenvalue weighted by molar-refractivity contribution is 0.0695. The minimum atomic E-state index is -1.05. The van der Waals surface area contributed by atoms with Gasteiger partial charge >= 0.3 is 5.97 Å². The molecule has 1 saturated heterocycles. The predicted molar refractivity (Wildman–Crippen MR) is 86.9 cm³/mol. The number of aromatic nitrogens is 1. The van der Waals surface area contributed by atoms with Gasteiger partial charge in [-0.2, -0.15) is 0 Å². The van der Waals surface area contributed by atoms with Gasteiger partial charge in [0.15, 0.2) is 5.56 Å². The quantitative estimate of drug-likeness (QED) is 0.832. The summed E-state index contributed by atoms with van der Waals surface area (Å²) in [6, 6.07) is 2.85. The number of halogens is 1. The van der Waals surface area contributed by atoms with E-state index < -0.39 is 17.2 Å². The van der Waals surface area contributed by atoms with Crippen LogP contribution in [0.25, 0.3) is 10.9 Å². The van der Waals surface area contributed by atoms with Gasteiger partial charge in [0.05, 0.1) is 11.2 Å². The minimum Gasteiger partial charge on any atom is -0.561 e. The first-order chi connectivity index (χ1) is 11.0. The van der Waals surface area contributed by atoms with Gasteiger partial charge < -0.3 is 19.9 Å². The zero-order chi connectivity index (χ0) is 16.6. The fourth-order valence-corrected chi connectivity index (χ4v) is 2.97. The number of fused-ring (bicyclic) bond motifs is 1. The van der Waals surface area contributed by atoms with E-state index in [0.29, 0.717) is 30.8 Å². The number of aryl methyl sites for hydroxylation is 1. The second-order valence-corrected chi connectivity index (χ2v) is 5.54. The second-order valence-electron chi connectivity index (χ2n) is 5.54. The van der Waals surface area contributed by atoms with Crippen molar-refractivity contribution in [3.8, 4) is 0 Å². The lowest BCUT2D eigenvalue weighted by Gasteiger charge is -2.30. The maximum atomic E-state index is 14.5. The molecule has 1 aromatic heterocycles. The number of rotatable bonds is 3. The average Bonchev–Trinajstić information content (AvgIpc) is 2.55. The number of nitrogens with one attached hydrogen (secondary N) is 1. The van der Waals surface area contributed by atoms with Crippen LogP contribution in [0, 0.1) is 5.82 Å². The fraction of sp³-hybridized carbons (Fsp3) is 0.375. The topological polar surface area (TPSA) is 77.2 Å². The van der Waals surface area contributed by atoms with E-state index in [1.165, 1.54) is 12.3 Å². The van der Waals surface area contributed by atoms with E-state index in [0.717, 1.165) is 13.1 Å². The molecule has 1 aliphatic heterocycles. The zero-order valence-electron chi connectivity index (χ0n) is 12.9. The van der Waals surface area contributed by atoms with Crippen LogP contribution in [-0.4, -0.2) is 41.8 Å². The van der Waals surface area contributed by atoms with Crippen molar-refractivity contribution in [2.24, 2.45) is 0 Å². The molecule has 1 fully saturated rings. The van der Waals surface area contributed by atoms with Gasteiger partial charge in [-0.05, 0) is 19.1 Å². The van der Waals surface area contributed by atoms with Crippen LogP contribution in [0.4, 0.5) is 10.1 Å². The molecule has 2 aromatic rings. The lowest BCUT2D eigenvalue weighted by atomic mass is 10.1. The highest BCUT2D eigenvalue weighted by atomic mass is 19.1. The Morgan fingerprint density at radius 1 is 1.35 bits per heavy atom. The van der Waals surface area contributed by atoms with Crippen LogP contribution in [0.1, 0.15) is 17.3 Å². The smallest absolute Gasteiger partial charge is 0.554 e. The van der Waals surface area contributed by atoms with Crippen molar-refractivity contribution >= 4 is 22.6 Å². The van der Waals surface area contributed by atoms with Crippen LogP contribution < -0.4 is 15.6 Å². The van der Waals surface area contributed by atoms with Gasteiger partial charge in [-0.15, -0.1) is 0 Å². The number of piperazine rings is 1. The van der Waals surface area contributed by atoms with Gasteiger partial charge in [0.25, 0.3) is 0 Å². The van der Waals surface area contributed by atoms with Crippen molar-refractivity contribution in [2.75, 3.05) is 31.1 Å². The number of nitrogens with zero attached hydrogens (tertiary/aromatic N) is 2. The first-order valence-corrected chi connectivity index (χ1v) is 7.61. The molecule has 0 atom stereocenters. The van der Waals surface area contributed by atoms with Crippen LogP contribution in [-0.2, 0) is 6.54 Å². The molecule has 23 heavy (non-hydrogen) atoms. The van der Waals surface area contributed by atoms with Crippen molar-refractivity contribution in [1.82, 2.24) is 9.88 Å². The fourth-order valence-electron chi connectivity index (χ4n) is 2.97. The second kappa shape index (κ2) is 6.00. The highest BCUT2D eigenvalue weighted by Crippen LogP contribution is 2.25. The van der Waals surface area contributed by atoms with Crippen molar-refractivity contribution < 1.29 is 14.3 Å². The molecule has 0 spiro atoms. The lowest BCUT2D eigenvalue weighted by Crippen LogP contribution is -2.43. The number of hydrogen-bond donors (Lipinski definition) is 1. The number of carbonyl (C=O) groups is 1. The van der Waals surface area contributed by atoms with Gasteiger partial charge in [-0.3, -0.25) is 4.79 Å². The summed E-state index contributed by atoms with van der Waals surface area (Å²) in [5.74, 6) is -1.53. The van der Waals surface area contributed by atoms with Crippen LogP contribution in [0.3, 0.4) is 0 Å². The molecule has 0 radical (unpaired) electrons. The van der Waals surface area contributed by atoms with Crippen molar-refractivity contribution in [3.05, 3.63) is 39.9 Å². The first kappa shape index (κ1) is 15.5. The number of hydrogen-bond acceptors (Lipinski definition) is 4. The molecular weight excluding hydrogens is 301 g/mol. The molecule has 2 heterocycles. The summed E-state index contributed by atoms with van der Waals surface area (Å²) in [5, 5.41) is 10.6. The molecule has 122 valence electrons. The molecule has 3 N–H and O–H groups in total. The summed E-state index contributed by atoms with van der Waals surface area (Å²) in [6.45, 7) is 5.35. The summed E-state index contributed by atoms with van der Waals surface area (Å²) in [4.78, 5) is 25.6. The molecule has 6 nitrogen and oxygen atoms in total. The molecule has 0 unspecified atom stereocenters. The van der Waals surface area contributed by atoms with E-state index in [9.17, 15) is 14.0 Å². The molecule has 0 bridgehead atoms. The molecule has 0 amide bonds. The SMILES string of the molecule is CCn1cc(C(=O)[OH2+])c(=O)c2cc(F)c(N3CCNCC3)cc21. The summed E-state index contributed by atoms with van der Waals surface area (Å²) >= 11 is 0. The Balaban J connectivity index is 2.24. The highest BCUT2D eigenvalue weighted by molar-refractivity contribution is 5.93. The Kier molecular flexibility index (Phi) is 4.04. The first-order valence-electron chi connectivity index (χ1n) is 7.61. The Morgan fingerprint density at radius 2 is 2.04 bits per heavy atom. The van der Waals surface area contributed by atoms with Crippen LogP contribution >= 0.6 is 0 Å². The van der Waals surface area contributed by atoms with Gasteiger partial charge in [-0.1, -0.05) is 0 Å². The number of anilines is 1. The number of benzene rings is 1. The van der Waals surface area contributed by atoms with Crippen LogP contribution in [0.15, 0.2) is 23.1 Å². The van der Waals surface area contributed by atoms with E-state index in [2.05, 4.69) is 5.32 Å². The maximum Gasteiger partial charge on any atom is 0.554 e. The zero-order valence-corrected chi connectivity index (χ0v) is 12.9. The highest BCUT2D eigenvalue weighted by Gasteiger charge is 2.22. The van der Waals surface area contributed by atoms with E-state index in [1.807, 2.05) is 11.8 Å². The third-order valence-electron chi connectivity index (χ3n) is 4.19. The number of carbonyl (C=O) groups excluding carboxylic acids is 1. The summed E-state index contributed by atoms with van der Waals surface area (Å²) < 4.78 is 16.2. The Bertz CT molecular complexity index is 825.